The molecule has 1 unspecified atom stereocenters. The van der Waals surface area contributed by atoms with E-state index in [9.17, 15) is 0 Å². The Morgan fingerprint density at radius 2 is 2.10 bits per heavy atom. The Hall–Kier alpha value is -1.84. The fraction of sp³-hybridized carbons (Fsp3) is 0.235. The first-order valence-electron chi connectivity index (χ1n) is 7.02. The van der Waals surface area contributed by atoms with E-state index >= 15 is 0 Å². The normalized spacial score (nSPS) is 12.7. The van der Waals surface area contributed by atoms with Gasteiger partial charge in [-0.2, -0.15) is 0 Å². The molecule has 3 aromatic rings. The van der Waals surface area contributed by atoms with Gasteiger partial charge in [0, 0.05) is 16.6 Å². The summed E-state index contributed by atoms with van der Waals surface area (Å²) < 4.78 is 5.97. The van der Waals surface area contributed by atoms with Crippen molar-refractivity contribution in [1.29, 1.82) is 0 Å². The van der Waals surface area contributed by atoms with E-state index in [0.29, 0.717) is 5.02 Å². The number of fused-ring (bicyclic) bond motifs is 1. The van der Waals surface area contributed by atoms with Crippen LogP contribution in [0.25, 0.3) is 11.0 Å². The van der Waals surface area contributed by atoms with Gasteiger partial charge < -0.3 is 9.73 Å². The van der Waals surface area contributed by atoms with Gasteiger partial charge in [0.2, 0.25) is 0 Å². The summed E-state index contributed by atoms with van der Waals surface area (Å²) >= 11 is 6.04. The molecule has 0 saturated heterocycles. The van der Waals surface area contributed by atoms with Gasteiger partial charge in [-0.1, -0.05) is 18.5 Å². The molecular formula is C17H17ClN2O. The van der Waals surface area contributed by atoms with Gasteiger partial charge in [-0.05, 0) is 55.4 Å². The lowest BCUT2D eigenvalue weighted by Crippen LogP contribution is -2.22. The SMILES string of the molecule is CCNC(c1cc(C)ccn1)c1cc2cc(Cl)ccc2o1. The highest BCUT2D eigenvalue weighted by atomic mass is 35.5. The van der Waals surface area contributed by atoms with Crippen LogP contribution in [0, 0.1) is 6.92 Å². The molecule has 1 aromatic carbocycles. The number of aromatic nitrogens is 1. The number of nitrogens with one attached hydrogen (secondary N) is 1. The van der Waals surface area contributed by atoms with E-state index in [-0.39, 0.29) is 6.04 Å². The molecule has 0 radical (unpaired) electrons. The molecule has 0 bridgehead atoms. The predicted molar refractivity (Wildman–Crippen MR) is 85.7 cm³/mol. The smallest absolute Gasteiger partial charge is 0.134 e. The summed E-state index contributed by atoms with van der Waals surface area (Å²) in [6.07, 6.45) is 1.83. The summed E-state index contributed by atoms with van der Waals surface area (Å²) in [4.78, 5) is 4.47. The van der Waals surface area contributed by atoms with Gasteiger partial charge in [-0.15, -0.1) is 0 Å². The van der Waals surface area contributed by atoms with Crippen molar-refractivity contribution in [2.24, 2.45) is 0 Å². The minimum absolute atomic E-state index is 0.0546. The maximum Gasteiger partial charge on any atom is 0.134 e. The number of nitrogens with zero attached hydrogens (tertiary/aromatic N) is 1. The Balaban J connectivity index is 2.06. The first-order valence-corrected chi connectivity index (χ1v) is 7.40. The van der Waals surface area contributed by atoms with Crippen LogP contribution >= 0.6 is 11.6 Å². The molecular weight excluding hydrogens is 284 g/mol. The van der Waals surface area contributed by atoms with Crippen molar-refractivity contribution in [3.8, 4) is 0 Å². The Labute approximate surface area is 128 Å². The van der Waals surface area contributed by atoms with Crippen LogP contribution in [0.4, 0.5) is 0 Å². The van der Waals surface area contributed by atoms with Crippen LogP contribution in [0.15, 0.2) is 47.0 Å². The molecule has 2 heterocycles. The van der Waals surface area contributed by atoms with Crippen LogP contribution in [0.1, 0.15) is 30.0 Å². The van der Waals surface area contributed by atoms with Crippen molar-refractivity contribution in [2.45, 2.75) is 19.9 Å². The lowest BCUT2D eigenvalue weighted by molar-refractivity contribution is 0.471. The van der Waals surface area contributed by atoms with Gasteiger partial charge in [0.15, 0.2) is 0 Å². The van der Waals surface area contributed by atoms with E-state index in [1.54, 1.807) is 0 Å². The third kappa shape index (κ3) is 2.94. The summed E-state index contributed by atoms with van der Waals surface area (Å²) in [5.41, 5.74) is 2.98. The molecule has 0 fully saturated rings. The highest BCUT2D eigenvalue weighted by Gasteiger charge is 2.19. The number of benzene rings is 1. The summed E-state index contributed by atoms with van der Waals surface area (Å²) in [6, 6.07) is 11.7. The van der Waals surface area contributed by atoms with Gasteiger partial charge in [0.05, 0.1) is 5.69 Å². The van der Waals surface area contributed by atoms with Crippen LogP contribution in [0.2, 0.25) is 5.02 Å². The third-order valence-corrected chi connectivity index (χ3v) is 3.66. The Kier molecular flexibility index (Phi) is 3.95. The molecule has 1 atom stereocenters. The first-order chi connectivity index (χ1) is 10.2. The zero-order chi connectivity index (χ0) is 14.8. The fourth-order valence-corrected chi connectivity index (χ4v) is 2.63. The van der Waals surface area contributed by atoms with Gasteiger partial charge in [-0.3, -0.25) is 4.98 Å². The standard InChI is InChI=1S/C17H17ClN2O/c1-3-19-17(14-8-11(2)6-7-20-14)16-10-12-9-13(18)4-5-15(12)21-16/h4-10,17,19H,3H2,1-2H3. The number of halogens is 1. The summed E-state index contributed by atoms with van der Waals surface area (Å²) in [7, 11) is 0. The Morgan fingerprint density at radius 1 is 1.24 bits per heavy atom. The molecule has 3 rings (SSSR count). The number of furan rings is 1. The van der Waals surface area contributed by atoms with Crippen molar-refractivity contribution in [1.82, 2.24) is 10.3 Å². The zero-order valence-corrected chi connectivity index (χ0v) is 12.8. The van der Waals surface area contributed by atoms with Gasteiger partial charge >= 0.3 is 0 Å². The monoisotopic (exact) mass is 300 g/mol. The van der Waals surface area contributed by atoms with Crippen LogP contribution in [-0.2, 0) is 0 Å². The summed E-state index contributed by atoms with van der Waals surface area (Å²) in [6.45, 7) is 4.97. The highest BCUT2D eigenvalue weighted by Crippen LogP contribution is 2.29. The second-order valence-electron chi connectivity index (χ2n) is 5.08. The van der Waals surface area contributed by atoms with E-state index < -0.39 is 0 Å². The second-order valence-corrected chi connectivity index (χ2v) is 5.52. The zero-order valence-electron chi connectivity index (χ0n) is 12.1. The Morgan fingerprint density at radius 3 is 2.86 bits per heavy atom. The molecule has 0 spiro atoms. The van der Waals surface area contributed by atoms with Crippen molar-refractivity contribution < 1.29 is 4.42 Å². The first kappa shape index (κ1) is 14.1. The molecule has 0 aliphatic rings. The average Bonchev–Trinajstić information content (AvgIpc) is 2.87. The largest absolute Gasteiger partial charge is 0.459 e. The Bertz CT molecular complexity index is 766. The molecule has 3 nitrogen and oxygen atoms in total. The number of pyridine rings is 1. The topological polar surface area (TPSA) is 38.1 Å². The van der Waals surface area contributed by atoms with Crippen LogP contribution in [-0.4, -0.2) is 11.5 Å². The van der Waals surface area contributed by atoms with Crippen molar-refractivity contribution in [3.05, 3.63) is 64.6 Å². The fourth-order valence-electron chi connectivity index (χ4n) is 2.45. The van der Waals surface area contributed by atoms with Crippen molar-refractivity contribution in [2.75, 3.05) is 6.54 Å². The van der Waals surface area contributed by atoms with Crippen molar-refractivity contribution >= 4 is 22.6 Å². The number of hydrogen-bond donors (Lipinski definition) is 1. The molecule has 0 amide bonds. The van der Waals surface area contributed by atoms with Crippen LogP contribution in [0.5, 0.6) is 0 Å². The number of hydrogen-bond acceptors (Lipinski definition) is 3. The number of aryl methyl sites for hydroxylation is 1. The number of rotatable bonds is 4. The average molecular weight is 301 g/mol. The lowest BCUT2D eigenvalue weighted by Gasteiger charge is -2.15. The highest BCUT2D eigenvalue weighted by molar-refractivity contribution is 6.31. The van der Waals surface area contributed by atoms with Crippen LogP contribution < -0.4 is 5.32 Å². The van der Waals surface area contributed by atoms with Gasteiger partial charge in [-0.25, -0.2) is 0 Å². The van der Waals surface area contributed by atoms with E-state index in [4.69, 9.17) is 16.0 Å². The van der Waals surface area contributed by atoms with Crippen LogP contribution in [0.3, 0.4) is 0 Å². The molecule has 0 saturated carbocycles. The minimum Gasteiger partial charge on any atom is -0.459 e. The second kappa shape index (κ2) is 5.88. The van der Waals surface area contributed by atoms with Gasteiger partial charge in [0.1, 0.15) is 17.4 Å². The van der Waals surface area contributed by atoms with Crippen molar-refractivity contribution in [3.63, 3.8) is 0 Å². The molecule has 2 aromatic heterocycles. The summed E-state index contributed by atoms with van der Waals surface area (Å²) in [5.74, 6) is 0.854. The lowest BCUT2D eigenvalue weighted by atomic mass is 10.1. The van der Waals surface area contributed by atoms with E-state index in [1.807, 2.05) is 36.5 Å². The molecule has 0 aliphatic heterocycles. The maximum atomic E-state index is 6.04. The molecule has 0 aliphatic carbocycles. The molecule has 4 heteroatoms. The minimum atomic E-state index is -0.0546. The maximum absolute atomic E-state index is 6.04. The quantitative estimate of drug-likeness (QED) is 0.771. The van der Waals surface area contributed by atoms with Gasteiger partial charge in [0.25, 0.3) is 0 Å². The van der Waals surface area contributed by atoms with E-state index in [1.165, 1.54) is 5.56 Å². The summed E-state index contributed by atoms with van der Waals surface area (Å²) in [5, 5.41) is 5.15. The molecule has 1 N–H and O–H groups in total. The van der Waals surface area contributed by atoms with E-state index in [0.717, 1.165) is 29.0 Å². The third-order valence-electron chi connectivity index (χ3n) is 3.42. The van der Waals surface area contributed by atoms with E-state index in [2.05, 4.69) is 30.2 Å². The molecule has 108 valence electrons. The predicted octanol–water partition coefficient (Wildman–Crippen LogP) is 4.49. The molecule has 21 heavy (non-hydrogen) atoms.